The van der Waals surface area contributed by atoms with Gasteiger partial charge in [0.1, 0.15) is 23.3 Å². The van der Waals surface area contributed by atoms with Crippen molar-refractivity contribution in [3.8, 4) is 6.07 Å². The molecule has 1 atom stereocenters. The highest BCUT2D eigenvalue weighted by Gasteiger charge is 2.26. The Morgan fingerprint density at radius 1 is 1.42 bits per heavy atom. The second kappa shape index (κ2) is 6.81. The van der Waals surface area contributed by atoms with Crippen molar-refractivity contribution in [2.24, 2.45) is 0 Å². The number of benzene rings is 1. The molecule has 2 aromatic rings. The number of anilines is 3. The fraction of sp³-hybridized carbons (Fsp3) is 0.353. The minimum absolute atomic E-state index is 0.0394. The van der Waals surface area contributed by atoms with Crippen LogP contribution in [0.3, 0.4) is 0 Å². The molecule has 1 aromatic carbocycles. The molecule has 7 heteroatoms. The topological polar surface area (TPSA) is 93.9 Å². The van der Waals surface area contributed by atoms with Gasteiger partial charge in [-0.05, 0) is 31.9 Å². The molecule has 1 aromatic heterocycles. The number of nitrogens with zero attached hydrogens (tertiary/aromatic N) is 3. The molecule has 3 rings (SSSR count). The summed E-state index contributed by atoms with van der Waals surface area (Å²) in [5.74, 6) is 0.715. The van der Waals surface area contributed by atoms with E-state index in [1.54, 1.807) is 6.07 Å². The molecule has 0 bridgehead atoms. The van der Waals surface area contributed by atoms with E-state index in [-0.39, 0.29) is 18.2 Å². The van der Waals surface area contributed by atoms with Crippen molar-refractivity contribution in [2.45, 2.75) is 31.7 Å². The van der Waals surface area contributed by atoms with Gasteiger partial charge in [-0.1, -0.05) is 6.07 Å². The monoisotopic (exact) mass is 327 g/mol. The van der Waals surface area contributed by atoms with Crippen LogP contribution in [0.1, 0.15) is 36.9 Å². The van der Waals surface area contributed by atoms with Gasteiger partial charge in [0.25, 0.3) is 0 Å². The van der Waals surface area contributed by atoms with Gasteiger partial charge >= 0.3 is 0 Å². The summed E-state index contributed by atoms with van der Waals surface area (Å²) in [7, 11) is 0. The van der Waals surface area contributed by atoms with Crippen LogP contribution in [0.2, 0.25) is 0 Å². The zero-order valence-corrected chi connectivity index (χ0v) is 13.3. The van der Waals surface area contributed by atoms with E-state index in [2.05, 4.69) is 20.6 Å². The van der Waals surface area contributed by atoms with E-state index in [0.717, 1.165) is 18.5 Å². The molecule has 0 unspecified atom stereocenters. The zero-order chi connectivity index (χ0) is 17.1. The molecule has 0 amide bonds. The summed E-state index contributed by atoms with van der Waals surface area (Å²) in [6.45, 7) is 1.78. The van der Waals surface area contributed by atoms with Crippen LogP contribution in [0.25, 0.3) is 0 Å². The summed E-state index contributed by atoms with van der Waals surface area (Å²) < 4.78 is 13.7. The third-order valence-corrected chi connectivity index (χ3v) is 3.78. The predicted octanol–water partition coefficient (Wildman–Crippen LogP) is 2.90. The van der Waals surface area contributed by atoms with Crippen LogP contribution < -0.4 is 10.6 Å². The van der Waals surface area contributed by atoms with Crippen molar-refractivity contribution in [3.63, 3.8) is 0 Å². The number of nitriles is 1. The van der Waals surface area contributed by atoms with Crippen LogP contribution in [-0.4, -0.2) is 27.7 Å². The van der Waals surface area contributed by atoms with Gasteiger partial charge in [-0.15, -0.1) is 0 Å². The molecule has 24 heavy (non-hydrogen) atoms. The van der Waals surface area contributed by atoms with E-state index < -0.39 is 5.82 Å². The Bertz CT molecular complexity index is 785. The standard InChI is InChI=1S/C17H18FN5O/c1-10(9-24)20-17-22-15(11-5-6-11)7-16(23-17)21-14-4-2-3-13(18)12(14)8-19/h2-4,7,10-11,24H,5-6,9H2,1H3,(H2,20,21,22,23)/t10-/m1/s1. The van der Waals surface area contributed by atoms with Crippen LogP contribution in [0.5, 0.6) is 0 Å². The summed E-state index contributed by atoms with van der Waals surface area (Å²) in [4.78, 5) is 8.83. The molecule has 3 N–H and O–H groups in total. The number of aromatic nitrogens is 2. The fourth-order valence-electron chi connectivity index (χ4n) is 2.33. The number of hydrogen-bond donors (Lipinski definition) is 3. The SMILES string of the molecule is C[C@H](CO)Nc1nc(Nc2cccc(F)c2C#N)cc(C2CC2)n1. The maximum absolute atomic E-state index is 13.7. The highest BCUT2D eigenvalue weighted by atomic mass is 19.1. The Morgan fingerprint density at radius 3 is 2.88 bits per heavy atom. The highest BCUT2D eigenvalue weighted by molar-refractivity contribution is 5.65. The Labute approximate surface area is 139 Å². The maximum Gasteiger partial charge on any atom is 0.225 e. The van der Waals surface area contributed by atoms with Crippen molar-refractivity contribution in [1.29, 1.82) is 5.26 Å². The van der Waals surface area contributed by atoms with Crippen LogP contribution in [0.4, 0.5) is 21.8 Å². The Morgan fingerprint density at radius 2 is 2.21 bits per heavy atom. The number of halogens is 1. The van der Waals surface area contributed by atoms with Crippen LogP contribution in [0.15, 0.2) is 24.3 Å². The van der Waals surface area contributed by atoms with E-state index in [4.69, 9.17) is 5.26 Å². The van der Waals surface area contributed by atoms with Gasteiger partial charge in [-0.3, -0.25) is 0 Å². The van der Waals surface area contributed by atoms with Gasteiger partial charge in [0, 0.05) is 18.0 Å². The summed E-state index contributed by atoms with van der Waals surface area (Å²) in [6, 6.07) is 7.90. The minimum atomic E-state index is -0.578. The lowest BCUT2D eigenvalue weighted by molar-refractivity contribution is 0.281. The largest absolute Gasteiger partial charge is 0.394 e. The molecule has 1 aliphatic carbocycles. The summed E-state index contributed by atoms with van der Waals surface area (Å²) in [5, 5.41) is 24.3. The molecular weight excluding hydrogens is 309 g/mol. The summed E-state index contributed by atoms with van der Waals surface area (Å²) in [5.41, 5.74) is 1.21. The summed E-state index contributed by atoms with van der Waals surface area (Å²) in [6.07, 6.45) is 2.16. The molecule has 0 spiro atoms. The normalized spacial score (nSPS) is 14.8. The third kappa shape index (κ3) is 3.60. The highest BCUT2D eigenvalue weighted by Crippen LogP contribution is 2.40. The van der Waals surface area contributed by atoms with E-state index in [1.165, 1.54) is 12.1 Å². The quantitative estimate of drug-likeness (QED) is 0.755. The molecule has 124 valence electrons. The Kier molecular flexibility index (Phi) is 4.58. The van der Waals surface area contributed by atoms with Crippen LogP contribution in [0, 0.1) is 17.1 Å². The van der Waals surface area contributed by atoms with Gasteiger partial charge in [-0.2, -0.15) is 10.2 Å². The summed E-state index contributed by atoms with van der Waals surface area (Å²) >= 11 is 0. The molecule has 0 radical (unpaired) electrons. The van der Waals surface area contributed by atoms with Crippen molar-refractivity contribution in [2.75, 3.05) is 17.2 Å². The first kappa shape index (κ1) is 16.1. The third-order valence-electron chi connectivity index (χ3n) is 3.78. The molecule has 0 aliphatic heterocycles. The molecule has 1 heterocycles. The lowest BCUT2D eigenvalue weighted by atomic mass is 10.2. The first-order valence-corrected chi connectivity index (χ1v) is 7.82. The molecule has 1 aliphatic rings. The number of rotatable bonds is 6. The molecule has 0 saturated heterocycles. The van der Waals surface area contributed by atoms with Crippen molar-refractivity contribution in [1.82, 2.24) is 9.97 Å². The van der Waals surface area contributed by atoms with Gasteiger partial charge in [0.15, 0.2) is 0 Å². The molecule has 1 fully saturated rings. The number of aliphatic hydroxyl groups excluding tert-OH is 1. The van der Waals surface area contributed by atoms with Crippen LogP contribution in [-0.2, 0) is 0 Å². The maximum atomic E-state index is 13.7. The van der Waals surface area contributed by atoms with Gasteiger partial charge in [0.05, 0.1) is 18.0 Å². The minimum Gasteiger partial charge on any atom is -0.394 e. The lowest BCUT2D eigenvalue weighted by Crippen LogP contribution is -2.21. The van der Waals surface area contributed by atoms with E-state index in [0.29, 0.717) is 23.4 Å². The fourth-order valence-corrected chi connectivity index (χ4v) is 2.33. The van der Waals surface area contributed by atoms with Gasteiger partial charge in [-0.25, -0.2) is 9.37 Å². The zero-order valence-electron chi connectivity index (χ0n) is 13.3. The average Bonchev–Trinajstić information content (AvgIpc) is 3.39. The van der Waals surface area contributed by atoms with E-state index in [1.807, 2.05) is 19.1 Å². The van der Waals surface area contributed by atoms with E-state index in [9.17, 15) is 9.50 Å². The Balaban J connectivity index is 1.92. The first-order valence-electron chi connectivity index (χ1n) is 7.82. The number of hydrogen-bond acceptors (Lipinski definition) is 6. The van der Waals surface area contributed by atoms with Crippen molar-refractivity contribution in [3.05, 3.63) is 41.3 Å². The van der Waals surface area contributed by atoms with Crippen LogP contribution >= 0.6 is 0 Å². The smallest absolute Gasteiger partial charge is 0.225 e. The lowest BCUT2D eigenvalue weighted by Gasteiger charge is -2.14. The second-order valence-electron chi connectivity index (χ2n) is 5.90. The molecule has 6 nitrogen and oxygen atoms in total. The van der Waals surface area contributed by atoms with E-state index >= 15 is 0 Å². The number of aliphatic hydroxyl groups is 1. The second-order valence-corrected chi connectivity index (χ2v) is 5.90. The first-order chi connectivity index (χ1) is 11.6. The molecular formula is C17H18FN5O. The number of nitrogens with one attached hydrogen (secondary N) is 2. The molecule has 1 saturated carbocycles. The van der Waals surface area contributed by atoms with Crippen molar-refractivity contribution < 1.29 is 9.50 Å². The van der Waals surface area contributed by atoms with Gasteiger partial charge in [0.2, 0.25) is 5.95 Å². The van der Waals surface area contributed by atoms with Gasteiger partial charge < -0.3 is 15.7 Å². The predicted molar refractivity (Wildman–Crippen MR) is 88.6 cm³/mol. The Hall–Kier alpha value is -2.72. The average molecular weight is 327 g/mol. The van der Waals surface area contributed by atoms with Crippen molar-refractivity contribution >= 4 is 17.5 Å².